The van der Waals surface area contributed by atoms with Crippen molar-refractivity contribution in [2.75, 3.05) is 0 Å². The number of para-hydroxylation sites is 1. The maximum atomic E-state index is 13.1. The summed E-state index contributed by atoms with van der Waals surface area (Å²) in [5, 5.41) is 13.6. The lowest BCUT2D eigenvalue weighted by Crippen LogP contribution is -2.28. The second-order valence-corrected chi connectivity index (χ2v) is 8.08. The molecular formula is C22H16N2O3S2. The van der Waals surface area contributed by atoms with Crippen LogP contribution in [0.3, 0.4) is 0 Å². The van der Waals surface area contributed by atoms with E-state index in [2.05, 4.69) is 4.99 Å². The zero-order valence-corrected chi connectivity index (χ0v) is 16.8. The number of nitrogens with zero attached hydrogens (tertiary/aromatic N) is 2. The van der Waals surface area contributed by atoms with Gasteiger partial charge in [-0.1, -0.05) is 30.3 Å². The van der Waals surface area contributed by atoms with Crippen molar-refractivity contribution in [1.82, 2.24) is 4.90 Å². The quantitative estimate of drug-likeness (QED) is 0.572. The molecule has 1 aliphatic rings. The molecule has 0 spiro atoms. The molecule has 144 valence electrons. The van der Waals surface area contributed by atoms with Crippen LogP contribution in [0.1, 0.15) is 21.5 Å². The van der Waals surface area contributed by atoms with Gasteiger partial charge in [-0.3, -0.25) is 9.69 Å². The van der Waals surface area contributed by atoms with Crippen LogP contribution in [0.25, 0.3) is 6.08 Å². The number of thioether (sulfide) groups is 1. The topological polar surface area (TPSA) is 70.0 Å². The van der Waals surface area contributed by atoms with Crippen molar-refractivity contribution >= 4 is 51.9 Å². The van der Waals surface area contributed by atoms with E-state index in [1.165, 1.54) is 11.8 Å². The largest absolute Gasteiger partial charge is 0.478 e. The van der Waals surface area contributed by atoms with Crippen molar-refractivity contribution in [3.63, 3.8) is 0 Å². The number of aromatic carboxylic acids is 1. The van der Waals surface area contributed by atoms with E-state index in [0.29, 0.717) is 16.6 Å². The number of hydrogen-bond acceptors (Lipinski definition) is 5. The van der Waals surface area contributed by atoms with Crippen molar-refractivity contribution in [3.8, 4) is 0 Å². The van der Waals surface area contributed by atoms with Crippen LogP contribution in [-0.2, 0) is 11.3 Å². The van der Waals surface area contributed by atoms with Gasteiger partial charge in [-0.2, -0.15) is 11.3 Å². The first-order valence-electron chi connectivity index (χ1n) is 8.80. The number of carbonyl (C=O) groups is 2. The van der Waals surface area contributed by atoms with Crippen LogP contribution >= 0.6 is 23.1 Å². The Morgan fingerprint density at radius 2 is 1.83 bits per heavy atom. The number of rotatable bonds is 5. The number of thiophene rings is 1. The van der Waals surface area contributed by atoms with Gasteiger partial charge in [0.25, 0.3) is 5.91 Å². The molecular weight excluding hydrogens is 404 g/mol. The number of benzene rings is 2. The van der Waals surface area contributed by atoms with Crippen molar-refractivity contribution < 1.29 is 14.7 Å². The van der Waals surface area contributed by atoms with E-state index in [4.69, 9.17) is 5.11 Å². The zero-order valence-electron chi connectivity index (χ0n) is 15.2. The maximum Gasteiger partial charge on any atom is 0.335 e. The van der Waals surface area contributed by atoms with Gasteiger partial charge in [0.15, 0.2) is 5.17 Å². The minimum Gasteiger partial charge on any atom is -0.478 e. The Balaban J connectivity index is 1.66. The summed E-state index contributed by atoms with van der Waals surface area (Å²) in [6, 6.07) is 18.0. The second-order valence-electron chi connectivity index (χ2n) is 6.29. The molecule has 1 aliphatic heterocycles. The van der Waals surface area contributed by atoms with Gasteiger partial charge >= 0.3 is 5.97 Å². The van der Waals surface area contributed by atoms with E-state index in [0.717, 1.165) is 16.8 Å². The number of aliphatic imine (C=N–C) groups is 1. The minimum absolute atomic E-state index is 0.113. The van der Waals surface area contributed by atoms with E-state index in [9.17, 15) is 9.59 Å². The lowest BCUT2D eigenvalue weighted by Gasteiger charge is -2.16. The fraction of sp³-hybridized carbons (Fsp3) is 0.0455. The van der Waals surface area contributed by atoms with E-state index in [1.807, 2.05) is 53.2 Å². The van der Waals surface area contributed by atoms with E-state index in [1.54, 1.807) is 40.5 Å². The molecule has 0 aliphatic carbocycles. The summed E-state index contributed by atoms with van der Waals surface area (Å²) in [5.74, 6) is -1.09. The van der Waals surface area contributed by atoms with Crippen molar-refractivity contribution in [1.29, 1.82) is 0 Å². The Bertz CT molecular complexity index is 1090. The first-order valence-corrected chi connectivity index (χ1v) is 10.6. The van der Waals surface area contributed by atoms with Crippen LogP contribution in [0.2, 0.25) is 0 Å². The molecule has 2 heterocycles. The Hall–Kier alpha value is -3.16. The highest BCUT2D eigenvalue weighted by atomic mass is 32.2. The standard InChI is InChI=1S/C22H16N2O3S2/c25-20-19(12-16-10-11-28-14-16)29-22(23-18-4-2-1-3-5-18)24(20)13-15-6-8-17(9-7-15)21(26)27/h1-12,14H,13H2,(H,26,27). The number of hydrogen-bond donors (Lipinski definition) is 1. The molecule has 4 rings (SSSR count). The third-order valence-corrected chi connectivity index (χ3v) is 5.96. The zero-order chi connectivity index (χ0) is 20.2. The van der Waals surface area contributed by atoms with Crippen LogP contribution in [0.4, 0.5) is 5.69 Å². The molecule has 1 saturated heterocycles. The number of amides is 1. The number of amidine groups is 1. The van der Waals surface area contributed by atoms with Gasteiger partial charge < -0.3 is 5.11 Å². The molecule has 2 aromatic carbocycles. The highest BCUT2D eigenvalue weighted by Crippen LogP contribution is 2.35. The highest BCUT2D eigenvalue weighted by molar-refractivity contribution is 8.18. The first-order chi connectivity index (χ1) is 14.1. The highest BCUT2D eigenvalue weighted by Gasteiger charge is 2.33. The van der Waals surface area contributed by atoms with Gasteiger partial charge in [-0.05, 0) is 70.1 Å². The van der Waals surface area contributed by atoms with Gasteiger partial charge in [-0.15, -0.1) is 0 Å². The predicted octanol–water partition coefficient (Wildman–Crippen LogP) is 5.25. The summed E-state index contributed by atoms with van der Waals surface area (Å²) >= 11 is 2.92. The van der Waals surface area contributed by atoms with Gasteiger partial charge in [0.1, 0.15) is 0 Å². The second kappa shape index (κ2) is 8.46. The SMILES string of the molecule is O=C(O)c1ccc(CN2C(=O)C(=Cc3ccsc3)SC2=Nc2ccccc2)cc1. The fourth-order valence-electron chi connectivity index (χ4n) is 2.79. The Kier molecular flexibility index (Phi) is 5.59. The molecule has 0 saturated carbocycles. The third kappa shape index (κ3) is 4.47. The summed E-state index contributed by atoms with van der Waals surface area (Å²) in [4.78, 5) is 31.0. The van der Waals surface area contributed by atoms with Gasteiger partial charge in [-0.25, -0.2) is 9.79 Å². The number of carboxylic acids is 1. The molecule has 1 amide bonds. The molecule has 7 heteroatoms. The molecule has 29 heavy (non-hydrogen) atoms. The summed E-state index contributed by atoms with van der Waals surface area (Å²) < 4.78 is 0. The molecule has 3 aromatic rings. The van der Waals surface area contributed by atoms with Crippen LogP contribution in [0.5, 0.6) is 0 Å². The van der Waals surface area contributed by atoms with Crippen LogP contribution in [-0.4, -0.2) is 27.1 Å². The average molecular weight is 421 g/mol. The van der Waals surface area contributed by atoms with Crippen LogP contribution in [0.15, 0.2) is 81.3 Å². The van der Waals surface area contributed by atoms with Crippen LogP contribution < -0.4 is 0 Å². The monoisotopic (exact) mass is 420 g/mol. The summed E-state index contributed by atoms with van der Waals surface area (Å²) in [6.07, 6.45) is 1.87. The first kappa shape index (κ1) is 19.2. The Morgan fingerprint density at radius 3 is 2.48 bits per heavy atom. The molecule has 0 radical (unpaired) electrons. The molecule has 0 unspecified atom stereocenters. The third-order valence-electron chi connectivity index (χ3n) is 4.25. The van der Waals surface area contributed by atoms with E-state index >= 15 is 0 Å². The van der Waals surface area contributed by atoms with Gasteiger partial charge in [0, 0.05) is 0 Å². The Labute approximate surface area is 176 Å². The van der Waals surface area contributed by atoms with Crippen molar-refractivity contribution in [2.24, 2.45) is 4.99 Å². The molecule has 5 nitrogen and oxygen atoms in total. The predicted molar refractivity (Wildman–Crippen MR) is 117 cm³/mol. The molecule has 1 fully saturated rings. The van der Waals surface area contributed by atoms with Gasteiger partial charge in [0.05, 0.1) is 22.7 Å². The number of carboxylic acid groups (broad SMARTS) is 1. The summed E-state index contributed by atoms with van der Waals surface area (Å²) in [6.45, 7) is 0.318. The minimum atomic E-state index is -0.975. The summed E-state index contributed by atoms with van der Waals surface area (Å²) in [5.41, 5.74) is 2.80. The lowest BCUT2D eigenvalue weighted by atomic mass is 10.1. The maximum absolute atomic E-state index is 13.1. The van der Waals surface area contributed by atoms with E-state index < -0.39 is 5.97 Å². The molecule has 1 N–H and O–H groups in total. The average Bonchev–Trinajstić information content (AvgIpc) is 3.33. The fourth-order valence-corrected chi connectivity index (χ4v) is 4.40. The van der Waals surface area contributed by atoms with Crippen molar-refractivity contribution in [2.45, 2.75) is 6.54 Å². The summed E-state index contributed by atoms with van der Waals surface area (Å²) in [7, 11) is 0. The van der Waals surface area contributed by atoms with Gasteiger partial charge in [0.2, 0.25) is 0 Å². The lowest BCUT2D eigenvalue weighted by molar-refractivity contribution is -0.122. The Morgan fingerprint density at radius 1 is 1.07 bits per heavy atom. The number of carbonyl (C=O) groups excluding carboxylic acids is 1. The van der Waals surface area contributed by atoms with Crippen molar-refractivity contribution in [3.05, 3.63) is 93.0 Å². The molecule has 0 bridgehead atoms. The van der Waals surface area contributed by atoms with Crippen LogP contribution in [0, 0.1) is 0 Å². The smallest absolute Gasteiger partial charge is 0.335 e. The van der Waals surface area contributed by atoms with E-state index in [-0.39, 0.29) is 11.5 Å². The normalized spacial score (nSPS) is 16.7. The molecule has 0 atom stereocenters. The molecule has 1 aromatic heterocycles.